The predicted octanol–water partition coefficient (Wildman–Crippen LogP) is 1.99. The first-order valence-electron chi connectivity index (χ1n) is 5.85. The van der Waals surface area contributed by atoms with Gasteiger partial charge in [0.1, 0.15) is 0 Å². The maximum Gasteiger partial charge on any atom is 0.160 e. The molecule has 1 aromatic carbocycles. The van der Waals surface area contributed by atoms with Crippen molar-refractivity contribution in [3.8, 4) is 11.5 Å². The Bertz CT molecular complexity index is 494. The number of benzene rings is 1. The summed E-state index contributed by atoms with van der Waals surface area (Å²) in [6.45, 7) is 0. The summed E-state index contributed by atoms with van der Waals surface area (Å²) in [6, 6.07) is 5.72. The average molecular weight is 247 g/mol. The molecule has 1 aliphatic rings. The average Bonchev–Trinajstić information content (AvgIpc) is 2.36. The molecule has 96 valence electrons. The largest absolute Gasteiger partial charge is 0.493 e. The lowest BCUT2D eigenvalue weighted by molar-refractivity contribution is -0.115. The van der Waals surface area contributed by atoms with Crippen molar-refractivity contribution in [1.29, 1.82) is 0 Å². The van der Waals surface area contributed by atoms with Crippen LogP contribution in [-0.4, -0.2) is 20.0 Å². The molecule has 0 amide bonds. The number of rotatable bonds is 3. The highest BCUT2D eigenvalue weighted by Crippen LogP contribution is 2.35. The Morgan fingerprint density at radius 1 is 1.17 bits per heavy atom. The van der Waals surface area contributed by atoms with Crippen molar-refractivity contribution in [2.24, 2.45) is 5.73 Å². The number of carbonyl (C=O) groups is 1. The molecule has 0 bridgehead atoms. The minimum Gasteiger partial charge on any atom is -0.493 e. The summed E-state index contributed by atoms with van der Waals surface area (Å²) in [5.41, 5.74) is 7.46. The van der Waals surface area contributed by atoms with Gasteiger partial charge in [-0.05, 0) is 36.1 Å². The lowest BCUT2D eigenvalue weighted by Gasteiger charge is -2.21. The topological polar surface area (TPSA) is 61.5 Å². The maximum absolute atomic E-state index is 11.5. The van der Waals surface area contributed by atoms with E-state index in [2.05, 4.69) is 0 Å². The molecule has 0 fully saturated rings. The molecule has 4 nitrogen and oxygen atoms in total. The molecule has 0 aromatic heterocycles. The Kier molecular flexibility index (Phi) is 3.55. The summed E-state index contributed by atoms with van der Waals surface area (Å²) < 4.78 is 10.5. The Morgan fingerprint density at radius 2 is 1.89 bits per heavy atom. The molecular formula is C14H17NO3. The van der Waals surface area contributed by atoms with Gasteiger partial charge < -0.3 is 15.2 Å². The third kappa shape index (κ3) is 2.47. The van der Waals surface area contributed by atoms with Crippen molar-refractivity contribution in [2.45, 2.75) is 18.8 Å². The van der Waals surface area contributed by atoms with E-state index in [1.54, 1.807) is 14.2 Å². The Morgan fingerprint density at radius 3 is 2.50 bits per heavy atom. The highest BCUT2D eigenvalue weighted by molar-refractivity contribution is 5.91. The van der Waals surface area contributed by atoms with E-state index in [0.717, 1.165) is 5.56 Å². The molecule has 1 aliphatic carbocycles. The number of nitrogens with two attached hydrogens (primary N) is 1. The second-order valence-electron chi connectivity index (χ2n) is 4.41. The Hall–Kier alpha value is -1.97. The Labute approximate surface area is 106 Å². The number of allylic oxidation sites excluding steroid dienone is 2. The van der Waals surface area contributed by atoms with Crippen LogP contribution in [0.5, 0.6) is 11.5 Å². The first-order chi connectivity index (χ1) is 8.63. The smallest absolute Gasteiger partial charge is 0.160 e. The summed E-state index contributed by atoms with van der Waals surface area (Å²) in [7, 11) is 3.20. The third-order valence-electron chi connectivity index (χ3n) is 3.16. The summed E-state index contributed by atoms with van der Waals surface area (Å²) >= 11 is 0. The van der Waals surface area contributed by atoms with Gasteiger partial charge in [-0.3, -0.25) is 4.79 Å². The van der Waals surface area contributed by atoms with E-state index in [-0.39, 0.29) is 11.7 Å². The van der Waals surface area contributed by atoms with Crippen molar-refractivity contribution in [3.63, 3.8) is 0 Å². The van der Waals surface area contributed by atoms with E-state index in [9.17, 15) is 4.79 Å². The first kappa shape index (κ1) is 12.5. The third-order valence-corrected chi connectivity index (χ3v) is 3.16. The van der Waals surface area contributed by atoms with Crippen LogP contribution >= 0.6 is 0 Å². The second-order valence-corrected chi connectivity index (χ2v) is 4.41. The van der Waals surface area contributed by atoms with E-state index >= 15 is 0 Å². The highest BCUT2D eigenvalue weighted by Gasteiger charge is 2.21. The molecule has 0 unspecified atom stereocenters. The maximum atomic E-state index is 11.5. The van der Waals surface area contributed by atoms with E-state index in [1.807, 2.05) is 18.2 Å². The molecule has 0 saturated carbocycles. The predicted molar refractivity (Wildman–Crippen MR) is 68.8 cm³/mol. The van der Waals surface area contributed by atoms with Gasteiger partial charge in [0.05, 0.1) is 14.2 Å². The molecule has 2 N–H and O–H groups in total. The lowest BCUT2D eigenvalue weighted by atomic mass is 9.85. The zero-order chi connectivity index (χ0) is 13.1. The van der Waals surface area contributed by atoms with E-state index in [4.69, 9.17) is 15.2 Å². The van der Waals surface area contributed by atoms with E-state index in [0.29, 0.717) is 30.0 Å². The molecule has 0 aliphatic heterocycles. The van der Waals surface area contributed by atoms with E-state index < -0.39 is 0 Å². The molecule has 2 rings (SSSR count). The lowest BCUT2D eigenvalue weighted by Crippen LogP contribution is -2.16. The van der Waals surface area contributed by atoms with Gasteiger partial charge in [0.25, 0.3) is 0 Å². The van der Waals surface area contributed by atoms with Gasteiger partial charge in [-0.1, -0.05) is 6.07 Å². The van der Waals surface area contributed by atoms with Gasteiger partial charge in [-0.2, -0.15) is 0 Å². The normalized spacial score (nSPS) is 19.3. The SMILES string of the molecule is COc1ccc([C@@H]2CC(=O)C=C(N)C2)cc1OC. The molecular weight excluding hydrogens is 230 g/mol. The monoisotopic (exact) mass is 247 g/mol. The molecule has 0 saturated heterocycles. The quantitative estimate of drug-likeness (QED) is 0.887. The summed E-state index contributed by atoms with van der Waals surface area (Å²) in [5, 5.41) is 0. The molecule has 0 radical (unpaired) electrons. The van der Waals surface area contributed by atoms with Crippen LogP contribution < -0.4 is 15.2 Å². The van der Waals surface area contributed by atoms with Crippen LogP contribution in [0.4, 0.5) is 0 Å². The number of ether oxygens (including phenoxy) is 2. The fourth-order valence-electron chi connectivity index (χ4n) is 2.27. The highest BCUT2D eigenvalue weighted by atomic mass is 16.5. The van der Waals surface area contributed by atoms with Crippen molar-refractivity contribution in [2.75, 3.05) is 14.2 Å². The molecule has 0 spiro atoms. The fraction of sp³-hybridized carbons (Fsp3) is 0.357. The van der Waals surface area contributed by atoms with Crippen LogP contribution in [-0.2, 0) is 4.79 Å². The Balaban J connectivity index is 2.29. The zero-order valence-electron chi connectivity index (χ0n) is 10.6. The summed E-state index contributed by atoms with van der Waals surface area (Å²) in [6.07, 6.45) is 2.73. The van der Waals surface area contributed by atoms with Crippen LogP contribution in [0.15, 0.2) is 30.0 Å². The van der Waals surface area contributed by atoms with Gasteiger partial charge in [0, 0.05) is 12.1 Å². The van der Waals surface area contributed by atoms with Crippen LogP contribution in [0.25, 0.3) is 0 Å². The van der Waals surface area contributed by atoms with Gasteiger partial charge in [-0.25, -0.2) is 0 Å². The van der Waals surface area contributed by atoms with Crippen molar-refractivity contribution < 1.29 is 14.3 Å². The minimum atomic E-state index is 0.0820. The van der Waals surface area contributed by atoms with Gasteiger partial charge in [0.2, 0.25) is 0 Å². The molecule has 0 heterocycles. The van der Waals surface area contributed by atoms with Crippen molar-refractivity contribution >= 4 is 5.78 Å². The van der Waals surface area contributed by atoms with Gasteiger partial charge in [-0.15, -0.1) is 0 Å². The van der Waals surface area contributed by atoms with E-state index in [1.165, 1.54) is 6.08 Å². The van der Waals surface area contributed by atoms with Crippen molar-refractivity contribution in [1.82, 2.24) is 0 Å². The molecule has 1 atom stereocenters. The fourth-order valence-corrected chi connectivity index (χ4v) is 2.27. The van der Waals surface area contributed by atoms with Crippen LogP contribution in [0.1, 0.15) is 24.3 Å². The number of carbonyl (C=O) groups excluding carboxylic acids is 1. The minimum absolute atomic E-state index is 0.0820. The number of hydrogen-bond donors (Lipinski definition) is 1. The van der Waals surface area contributed by atoms with Crippen LogP contribution in [0.2, 0.25) is 0 Å². The molecule has 1 aromatic rings. The summed E-state index contributed by atoms with van der Waals surface area (Å²) in [5.74, 6) is 1.57. The standard InChI is InChI=1S/C14H17NO3/c1-17-13-4-3-9(7-14(13)18-2)10-5-11(15)8-12(16)6-10/h3-4,7-8,10H,5-6,15H2,1-2H3/t10-/m0/s1. The van der Waals surface area contributed by atoms with Crippen molar-refractivity contribution in [3.05, 3.63) is 35.5 Å². The summed E-state index contributed by atoms with van der Waals surface area (Å²) in [4.78, 5) is 11.5. The number of hydrogen-bond acceptors (Lipinski definition) is 4. The van der Waals surface area contributed by atoms with Crippen LogP contribution in [0, 0.1) is 0 Å². The number of ketones is 1. The number of methoxy groups -OCH3 is 2. The zero-order valence-corrected chi connectivity index (χ0v) is 10.6. The first-order valence-corrected chi connectivity index (χ1v) is 5.85. The molecule has 18 heavy (non-hydrogen) atoms. The van der Waals surface area contributed by atoms with Gasteiger partial charge >= 0.3 is 0 Å². The second kappa shape index (κ2) is 5.12. The molecule has 4 heteroatoms. The van der Waals surface area contributed by atoms with Gasteiger partial charge in [0.15, 0.2) is 17.3 Å². The van der Waals surface area contributed by atoms with Crippen LogP contribution in [0.3, 0.4) is 0 Å².